The van der Waals surface area contributed by atoms with Crippen LogP contribution in [-0.4, -0.2) is 33.1 Å². The molecule has 6 heterocycles. The highest BCUT2D eigenvalue weighted by Crippen LogP contribution is 2.50. The summed E-state index contributed by atoms with van der Waals surface area (Å²) in [6, 6.07) is 51.6. The Hall–Kier alpha value is -7.52. The summed E-state index contributed by atoms with van der Waals surface area (Å²) in [6.07, 6.45) is 0. The van der Waals surface area contributed by atoms with Crippen LogP contribution in [0.1, 0.15) is 26.3 Å². The molecular formula is C54H41BN2O6. The third-order valence-electron chi connectivity index (χ3n) is 12.9. The number of furan rings is 2. The first-order valence-corrected chi connectivity index (χ1v) is 21.7. The normalized spacial score (nSPS) is 14.7. The first-order valence-electron chi connectivity index (χ1n) is 21.7. The van der Waals surface area contributed by atoms with Gasteiger partial charge in [0.05, 0.1) is 5.69 Å². The van der Waals surface area contributed by atoms with Crippen LogP contribution in [0.2, 0.25) is 0 Å². The third kappa shape index (κ3) is 5.68. The van der Waals surface area contributed by atoms with E-state index in [-0.39, 0.29) is 12.1 Å². The molecule has 8 nitrogen and oxygen atoms in total. The van der Waals surface area contributed by atoms with E-state index in [0.717, 1.165) is 107 Å². The molecule has 0 fully saturated rings. The van der Waals surface area contributed by atoms with Crippen LogP contribution < -0.4 is 45.1 Å². The molecule has 0 bridgehead atoms. The summed E-state index contributed by atoms with van der Waals surface area (Å²) >= 11 is 0. The average Bonchev–Trinajstić information content (AvgIpc) is 3.96. The minimum Gasteiger partial charge on any atom is -0.486 e. The summed E-state index contributed by atoms with van der Waals surface area (Å²) in [4.78, 5) is 4.83. The van der Waals surface area contributed by atoms with E-state index in [4.69, 9.17) is 27.8 Å². The number of ether oxygens (including phenoxy) is 4. The molecule has 0 saturated carbocycles. The van der Waals surface area contributed by atoms with E-state index >= 15 is 0 Å². The van der Waals surface area contributed by atoms with E-state index in [1.807, 2.05) is 36.4 Å². The molecule has 9 heteroatoms. The van der Waals surface area contributed by atoms with Crippen LogP contribution >= 0.6 is 0 Å². The van der Waals surface area contributed by atoms with Crippen molar-refractivity contribution >= 4 is 79.2 Å². The highest BCUT2D eigenvalue weighted by molar-refractivity contribution is 7.00. The maximum absolute atomic E-state index is 6.54. The second kappa shape index (κ2) is 13.5. The summed E-state index contributed by atoms with van der Waals surface area (Å²) in [5.41, 5.74) is 14.5. The van der Waals surface area contributed by atoms with E-state index in [9.17, 15) is 0 Å². The largest absolute Gasteiger partial charge is 0.486 e. The molecule has 9 aromatic rings. The molecule has 4 aliphatic rings. The fourth-order valence-corrected chi connectivity index (χ4v) is 9.89. The Kier molecular flexibility index (Phi) is 7.74. The van der Waals surface area contributed by atoms with Crippen LogP contribution in [0, 0.1) is 0 Å². The summed E-state index contributed by atoms with van der Waals surface area (Å²) in [6.45, 7) is 8.71. The molecule has 63 heavy (non-hydrogen) atoms. The molecule has 13 rings (SSSR count). The van der Waals surface area contributed by atoms with Gasteiger partial charge in [-0.1, -0.05) is 81.4 Å². The molecule has 0 amide bonds. The van der Waals surface area contributed by atoms with Gasteiger partial charge in [0.1, 0.15) is 49.1 Å². The van der Waals surface area contributed by atoms with Gasteiger partial charge in [0.2, 0.25) is 0 Å². The molecular weight excluding hydrogens is 783 g/mol. The highest BCUT2D eigenvalue weighted by Gasteiger charge is 2.45. The van der Waals surface area contributed by atoms with Gasteiger partial charge in [-0.15, -0.1) is 0 Å². The van der Waals surface area contributed by atoms with Gasteiger partial charge in [-0.25, -0.2) is 0 Å². The Morgan fingerprint density at radius 3 is 1.67 bits per heavy atom. The van der Waals surface area contributed by atoms with Gasteiger partial charge < -0.3 is 37.6 Å². The standard InChI is InChI=1S/C54H41BN2O6/c1-54(2,3)36-27-43-53-44(28-36)57(38-16-18-47-50(29-38)59-20-19-58-47)42-31-52-51(60-21-22-61-52)30-40(42)55(53)39-17-15-35(49-26-34-10-5-7-14-46(34)63-49)24-41(39)56(43)37-12-8-11-32(23-37)48-25-33-9-4-6-13-45(33)62-48/h4-18,23-31H,19-22H2,1-3H3. The lowest BCUT2D eigenvalue weighted by molar-refractivity contribution is 0.171. The van der Waals surface area contributed by atoms with Crippen molar-refractivity contribution < 1.29 is 27.8 Å². The van der Waals surface area contributed by atoms with Crippen molar-refractivity contribution in [3.63, 3.8) is 0 Å². The van der Waals surface area contributed by atoms with Gasteiger partial charge >= 0.3 is 0 Å². The van der Waals surface area contributed by atoms with Crippen LogP contribution in [0.15, 0.2) is 154 Å². The van der Waals surface area contributed by atoms with Gasteiger partial charge in [-0.05, 0) is 100 Å². The van der Waals surface area contributed by atoms with Crippen molar-refractivity contribution in [3.8, 4) is 45.6 Å². The Balaban J connectivity index is 1.10. The SMILES string of the molecule is CC(C)(C)c1cc2c3c(c1)N(c1ccc4c(c1)OCCO4)c1cc4c(cc1B3c1ccc(-c3cc5ccccc5o3)cc1N2c1cccc(-c2cc3ccccc3o2)c1)OCCO4. The average molecular weight is 825 g/mol. The number of hydrogen-bond acceptors (Lipinski definition) is 8. The zero-order valence-electron chi connectivity index (χ0n) is 35.1. The number of hydrogen-bond donors (Lipinski definition) is 0. The van der Waals surface area contributed by atoms with Gasteiger partial charge in [0, 0.05) is 62.5 Å². The predicted octanol–water partition coefficient (Wildman–Crippen LogP) is 11.4. The first kappa shape index (κ1) is 36.2. The smallest absolute Gasteiger partial charge is 0.252 e. The van der Waals surface area contributed by atoms with E-state index in [2.05, 4.69) is 140 Å². The van der Waals surface area contributed by atoms with Crippen molar-refractivity contribution in [1.82, 2.24) is 0 Å². The minimum absolute atomic E-state index is 0.155. The molecule has 2 aromatic heterocycles. The predicted molar refractivity (Wildman–Crippen MR) is 252 cm³/mol. The maximum Gasteiger partial charge on any atom is 0.252 e. The van der Waals surface area contributed by atoms with Gasteiger partial charge in [-0.2, -0.15) is 0 Å². The third-order valence-corrected chi connectivity index (χ3v) is 12.9. The summed E-state index contributed by atoms with van der Waals surface area (Å²) in [7, 11) is 0. The van der Waals surface area contributed by atoms with E-state index in [1.165, 1.54) is 16.5 Å². The van der Waals surface area contributed by atoms with E-state index < -0.39 is 0 Å². The molecule has 0 N–H and O–H groups in total. The zero-order chi connectivity index (χ0) is 42.0. The summed E-state index contributed by atoms with van der Waals surface area (Å²) < 4.78 is 37.9. The number of rotatable bonds is 4. The lowest BCUT2D eigenvalue weighted by Crippen LogP contribution is -2.61. The molecule has 0 unspecified atom stereocenters. The quantitative estimate of drug-likeness (QED) is 0.163. The monoisotopic (exact) mass is 824 g/mol. The fourth-order valence-electron chi connectivity index (χ4n) is 9.89. The number of benzene rings is 7. The van der Waals surface area contributed by atoms with Crippen LogP contribution in [0.3, 0.4) is 0 Å². The Morgan fingerprint density at radius 2 is 1.02 bits per heavy atom. The number of nitrogens with zero attached hydrogens (tertiary/aromatic N) is 2. The fraction of sp³-hybridized carbons (Fsp3) is 0.148. The Bertz CT molecular complexity index is 3280. The van der Waals surface area contributed by atoms with Crippen LogP contribution in [-0.2, 0) is 5.41 Å². The van der Waals surface area contributed by atoms with Crippen LogP contribution in [0.4, 0.5) is 34.1 Å². The molecule has 0 aliphatic carbocycles. The highest BCUT2D eigenvalue weighted by atomic mass is 16.6. The van der Waals surface area contributed by atoms with Crippen LogP contribution in [0.25, 0.3) is 44.6 Å². The molecule has 306 valence electrons. The Morgan fingerprint density at radius 1 is 0.444 bits per heavy atom. The van der Waals surface area contributed by atoms with Gasteiger partial charge in [0.15, 0.2) is 23.0 Å². The molecule has 0 saturated heterocycles. The lowest BCUT2D eigenvalue weighted by atomic mass is 9.33. The minimum atomic E-state index is -0.204. The Labute approximate surface area is 364 Å². The van der Waals surface area contributed by atoms with E-state index in [0.29, 0.717) is 26.4 Å². The number of fused-ring (bicyclic) bond motifs is 8. The van der Waals surface area contributed by atoms with Crippen molar-refractivity contribution in [2.75, 3.05) is 36.2 Å². The lowest BCUT2D eigenvalue weighted by Gasteiger charge is -2.45. The van der Waals surface area contributed by atoms with Gasteiger partial charge in [-0.3, -0.25) is 0 Å². The second-order valence-electron chi connectivity index (χ2n) is 17.8. The molecule has 0 radical (unpaired) electrons. The van der Waals surface area contributed by atoms with E-state index in [1.54, 1.807) is 0 Å². The molecule has 4 aliphatic heterocycles. The zero-order valence-corrected chi connectivity index (χ0v) is 35.1. The van der Waals surface area contributed by atoms with Gasteiger partial charge in [0.25, 0.3) is 6.71 Å². The molecule has 7 aromatic carbocycles. The van der Waals surface area contributed by atoms with Crippen molar-refractivity contribution in [2.24, 2.45) is 0 Å². The number of para-hydroxylation sites is 2. The van der Waals surface area contributed by atoms with Crippen molar-refractivity contribution in [3.05, 3.63) is 151 Å². The first-order chi connectivity index (χ1) is 30.8. The molecule has 0 spiro atoms. The topological polar surface area (TPSA) is 69.7 Å². The number of anilines is 6. The van der Waals surface area contributed by atoms with Crippen molar-refractivity contribution in [1.29, 1.82) is 0 Å². The summed E-state index contributed by atoms with van der Waals surface area (Å²) in [5.74, 6) is 4.60. The van der Waals surface area contributed by atoms with Crippen LogP contribution in [0.5, 0.6) is 23.0 Å². The maximum atomic E-state index is 6.54. The van der Waals surface area contributed by atoms with Crippen molar-refractivity contribution in [2.45, 2.75) is 26.2 Å². The summed E-state index contributed by atoms with van der Waals surface area (Å²) in [5, 5.41) is 2.14. The molecule has 0 atom stereocenters. The second-order valence-corrected chi connectivity index (χ2v) is 17.8.